The summed E-state index contributed by atoms with van der Waals surface area (Å²) in [6.07, 6.45) is -5.02. The summed E-state index contributed by atoms with van der Waals surface area (Å²) >= 11 is 1.15. The van der Waals surface area contributed by atoms with Gasteiger partial charge in [-0.15, -0.1) is 11.3 Å². The minimum Gasteiger partial charge on any atom is -0.336 e. The minimum absolute atomic E-state index is 0.277. The normalized spacial score (nSPS) is 13.2. The number of hydrogen-bond donors (Lipinski definition) is 2. The molecule has 112 valence electrons. The first kappa shape index (κ1) is 16.4. The summed E-state index contributed by atoms with van der Waals surface area (Å²) in [5.74, 6) is -3.36. The van der Waals surface area contributed by atoms with Crippen LogP contribution in [0.25, 0.3) is 0 Å². The predicted molar refractivity (Wildman–Crippen MR) is 68.3 cm³/mol. The molecule has 5 nitrogen and oxygen atoms in total. The van der Waals surface area contributed by atoms with Crippen molar-refractivity contribution in [3.05, 3.63) is 11.1 Å². The van der Waals surface area contributed by atoms with Gasteiger partial charge in [0.25, 0.3) is 0 Å². The van der Waals surface area contributed by atoms with E-state index in [-0.39, 0.29) is 5.13 Å². The van der Waals surface area contributed by atoms with Crippen molar-refractivity contribution in [2.75, 3.05) is 5.32 Å². The Balaban J connectivity index is 2.75. The Labute approximate surface area is 117 Å². The van der Waals surface area contributed by atoms with Crippen LogP contribution in [-0.2, 0) is 9.59 Å². The summed E-state index contributed by atoms with van der Waals surface area (Å²) in [7, 11) is 0. The lowest BCUT2D eigenvalue weighted by molar-refractivity contribution is -0.175. The number of carbonyl (C=O) groups is 2. The standard InChI is InChI=1S/C11H14F3N3O2S/c1-5(2)7(16-9(19)11(12,13)14)8(18)17-10-15-6(3)4-20-10/h4-5,7H,1-3H3,(H,16,19)(H,15,17,18)/t7-/m1/s1. The fourth-order valence-corrected chi connectivity index (χ4v) is 2.04. The Morgan fingerprint density at radius 2 is 1.95 bits per heavy atom. The van der Waals surface area contributed by atoms with Crippen molar-refractivity contribution < 1.29 is 22.8 Å². The van der Waals surface area contributed by atoms with Crippen LogP contribution in [0.5, 0.6) is 0 Å². The van der Waals surface area contributed by atoms with Gasteiger partial charge in [-0.3, -0.25) is 9.59 Å². The third-order valence-electron chi connectivity index (χ3n) is 2.34. The van der Waals surface area contributed by atoms with Crippen molar-refractivity contribution in [2.45, 2.75) is 33.0 Å². The van der Waals surface area contributed by atoms with E-state index >= 15 is 0 Å². The average Bonchev–Trinajstić information content (AvgIpc) is 2.69. The number of carbonyl (C=O) groups excluding carboxylic acids is 2. The van der Waals surface area contributed by atoms with Gasteiger partial charge in [-0.2, -0.15) is 13.2 Å². The topological polar surface area (TPSA) is 71.1 Å². The lowest BCUT2D eigenvalue weighted by atomic mass is 10.0. The number of nitrogens with one attached hydrogen (secondary N) is 2. The van der Waals surface area contributed by atoms with Gasteiger partial charge in [-0.05, 0) is 12.8 Å². The minimum atomic E-state index is -5.02. The lowest BCUT2D eigenvalue weighted by Gasteiger charge is -2.21. The average molecular weight is 309 g/mol. The van der Waals surface area contributed by atoms with E-state index < -0.39 is 30.0 Å². The van der Waals surface area contributed by atoms with E-state index in [4.69, 9.17) is 0 Å². The molecule has 1 heterocycles. The van der Waals surface area contributed by atoms with Gasteiger partial charge in [0.1, 0.15) is 6.04 Å². The predicted octanol–water partition coefficient (Wildman–Crippen LogP) is 2.09. The van der Waals surface area contributed by atoms with Crippen LogP contribution < -0.4 is 10.6 Å². The highest BCUT2D eigenvalue weighted by Gasteiger charge is 2.41. The van der Waals surface area contributed by atoms with Crippen molar-refractivity contribution in [3.8, 4) is 0 Å². The maximum atomic E-state index is 12.2. The quantitative estimate of drug-likeness (QED) is 0.894. The van der Waals surface area contributed by atoms with Crippen molar-refractivity contribution >= 4 is 28.3 Å². The van der Waals surface area contributed by atoms with Gasteiger partial charge in [0.15, 0.2) is 5.13 Å². The lowest BCUT2D eigenvalue weighted by Crippen LogP contribution is -2.51. The fourth-order valence-electron chi connectivity index (χ4n) is 1.35. The van der Waals surface area contributed by atoms with Gasteiger partial charge in [-0.1, -0.05) is 13.8 Å². The van der Waals surface area contributed by atoms with Crippen LogP contribution in [0.1, 0.15) is 19.5 Å². The molecule has 0 unspecified atom stereocenters. The first-order valence-electron chi connectivity index (χ1n) is 5.72. The fraction of sp³-hybridized carbons (Fsp3) is 0.545. The van der Waals surface area contributed by atoms with Crippen LogP contribution in [-0.4, -0.2) is 29.0 Å². The number of hydrogen-bond acceptors (Lipinski definition) is 4. The van der Waals surface area contributed by atoms with Crippen LogP contribution in [0.3, 0.4) is 0 Å². The van der Waals surface area contributed by atoms with E-state index in [0.717, 1.165) is 11.3 Å². The molecule has 1 rings (SSSR count). The molecule has 20 heavy (non-hydrogen) atoms. The molecule has 0 fully saturated rings. The summed E-state index contributed by atoms with van der Waals surface area (Å²) in [6, 6.07) is -1.28. The van der Waals surface area contributed by atoms with Gasteiger partial charge in [0.05, 0.1) is 5.69 Å². The molecule has 2 N–H and O–H groups in total. The van der Waals surface area contributed by atoms with E-state index in [1.54, 1.807) is 17.6 Å². The van der Waals surface area contributed by atoms with Gasteiger partial charge in [0.2, 0.25) is 5.91 Å². The molecule has 0 aliphatic rings. The highest BCUT2D eigenvalue weighted by Crippen LogP contribution is 2.18. The Bertz CT molecular complexity index is 499. The first-order valence-corrected chi connectivity index (χ1v) is 6.60. The number of anilines is 1. The summed E-state index contributed by atoms with van der Waals surface area (Å²) in [5.41, 5.74) is 0.686. The second kappa shape index (κ2) is 6.21. The first-order chi connectivity index (χ1) is 9.11. The second-order valence-corrected chi connectivity index (χ2v) is 5.33. The molecule has 1 aromatic heterocycles. The molecule has 0 saturated heterocycles. The molecule has 0 saturated carbocycles. The molecule has 1 aromatic rings. The summed E-state index contributed by atoms with van der Waals surface area (Å²) < 4.78 is 36.6. The number of halogens is 3. The largest absolute Gasteiger partial charge is 0.471 e. The number of alkyl halides is 3. The van der Waals surface area contributed by atoms with E-state index in [0.29, 0.717) is 5.69 Å². The molecule has 0 aromatic carbocycles. The van der Waals surface area contributed by atoms with E-state index in [1.807, 2.05) is 0 Å². The third kappa shape index (κ3) is 4.48. The van der Waals surface area contributed by atoms with Crippen molar-refractivity contribution in [2.24, 2.45) is 5.92 Å². The Hall–Kier alpha value is -1.64. The van der Waals surface area contributed by atoms with E-state index in [1.165, 1.54) is 13.8 Å². The Morgan fingerprint density at radius 3 is 2.35 bits per heavy atom. The van der Waals surface area contributed by atoms with Crippen LogP contribution in [0.15, 0.2) is 5.38 Å². The zero-order valence-corrected chi connectivity index (χ0v) is 11.9. The molecular weight excluding hydrogens is 295 g/mol. The summed E-state index contributed by atoms with van der Waals surface area (Å²) in [6.45, 7) is 4.79. The van der Waals surface area contributed by atoms with E-state index in [9.17, 15) is 22.8 Å². The Kier molecular flexibility index (Phi) is 5.09. The highest BCUT2D eigenvalue weighted by molar-refractivity contribution is 7.13. The van der Waals surface area contributed by atoms with Crippen LogP contribution in [0, 0.1) is 12.8 Å². The highest BCUT2D eigenvalue weighted by atomic mass is 32.1. The molecule has 9 heteroatoms. The zero-order chi connectivity index (χ0) is 15.5. The van der Waals surface area contributed by atoms with Crippen LogP contribution >= 0.6 is 11.3 Å². The van der Waals surface area contributed by atoms with Gasteiger partial charge in [0, 0.05) is 5.38 Å². The third-order valence-corrected chi connectivity index (χ3v) is 3.22. The zero-order valence-electron chi connectivity index (χ0n) is 11.0. The number of nitrogens with zero attached hydrogens (tertiary/aromatic N) is 1. The van der Waals surface area contributed by atoms with Gasteiger partial charge >= 0.3 is 12.1 Å². The maximum absolute atomic E-state index is 12.2. The SMILES string of the molecule is Cc1csc(NC(=O)[C@H](NC(=O)C(F)(F)F)C(C)C)n1. The number of thiazole rings is 1. The molecule has 2 amide bonds. The second-order valence-electron chi connectivity index (χ2n) is 4.48. The number of amides is 2. The molecule has 0 bridgehead atoms. The van der Waals surface area contributed by atoms with Crippen LogP contribution in [0.2, 0.25) is 0 Å². The molecule has 0 spiro atoms. The molecular formula is C11H14F3N3O2S. The van der Waals surface area contributed by atoms with Crippen molar-refractivity contribution in [1.82, 2.24) is 10.3 Å². The molecule has 0 aliphatic heterocycles. The smallest absolute Gasteiger partial charge is 0.336 e. The van der Waals surface area contributed by atoms with Crippen molar-refractivity contribution in [1.29, 1.82) is 0 Å². The molecule has 1 atom stereocenters. The summed E-state index contributed by atoms with van der Waals surface area (Å²) in [4.78, 5) is 26.8. The van der Waals surface area contributed by atoms with Crippen molar-refractivity contribution in [3.63, 3.8) is 0 Å². The molecule has 0 radical (unpaired) electrons. The van der Waals surface area contributed by atoms with Gasteiger partial charge in [-0.25, -0.2) is 4.98 Å². The number of aryl methyl sites for hydroxylation is 1. The van der Waals surface area contributed by atoms with Crippen LogP contribution in [0.4, 0.5) is 18.3 Å². The van der Waals surface area contributed by atoms with E-state index in [2.05, 4.69) is 10.3 Å². The summed E-state index contributed by atoms with van der Waals surface area (Å²) in [5, 5.41) is 6.04. The monoisotopic (exact) mass is 309 g/mol. The van der Waals surface area contributed by atoms with Gasteiger partial charge < -0.3 is 10.6 Å². The maximum Gasteiger partial charge on any atom is 0.471 e. The number of aromatic nitrogens is 1. The number of rotatable bonds is 4. The Morgan fingerprint density at radius 1 is 1.35 bits per heavy atom. The molecule has 0 aliphatic carbocycles.